The standard InChI is InChI=1S/C21H17N3O5/c1-28-17-8-3-5-14(12-17)18-13-19(15-6-2-7-16(11-15)24(26)27)23(22-18)21(25)20-9-4-10-29-20/h2-12,19H,13H2,1H3/t19-/m1/s1. The number of hydrogen-bond donors (Lipinski definition) is 0. The largest absolute Gasteiger partial charge is 0.497 e. The van der Waals surface area contributed by atoms with Crippen molar-refractivity contribution < 1.29 is 18.9 Å². The number of amides is 1. The highest BCUT2D eigenvalue weighted by atomic mass is 16.6. The van der Waals surface area contributed by atoms with Gasteiger partial charge in [0.05, 0.1) is 30.0 Å². The van der Waals surface area contributed by atoms with Crippen molar-refractivity contribution in [2.45, 2.75) is 12.5 Å². The van der Waals surface area contributed by atoms with Gasteiger partial charge in [-0.15, -0.1) is 0 Å². The molecule has 0 aliphatic carbocycles. The van der Waals surface area contributed by atoms with Crippen LogP contribution in [0, 0.1) is 10.1 Å². The molecule has 0 spiro atoms. The van der Waals surface area contributed by atoms with E-state index in [4.69, 9.17) is 9.15 Å². The molecular formula is C21H17N3O5. The predicted molar refractivity (Wildman–Crippen MR) is 105 cm³/mol. The molecule has 0 saturated heterocycles. The second-order valence-corrected chi connectivity index (χ2v) is 6.48. The first kappa shape index (κ1) is 18.4. The highest BCUT2D eigenvalue weighted by Gasteiger charge is 2.35. The minimum absolute atomic E-state index is 0.0391. The van der Waals surface area contributed by atoms with Crippen LogP contribution in [0.25, 0.3) is 0 Å². The van der Waals surface area contributed by atoms with Crippen LogP contribution >= 0.6 is 0 Å². The molecular weight excluding hydrogens is 374 g/mol. The Morgan fingerprint density at radius 2 is 2.03 bits per heavy atom. The molecule has 2 heterocycles. The summed E-state index contributed by atoms with van der Waals surface area (Å²) >= 11 is 0. The summed E-state index contributed by atoms with van der Waals surface area (Å²) < 4.78 is 10.5. The number of hydrogen-bond acceptors (Lipinski definition) is 6. The Kier molecular flexibility index (Phi) is 4.82. The van der Waals surface area contributed by atoms with Gasteiger partial charge < -0.3 is 9.15 Å². The van der Waals surface area contributed by atoms with Gasteiger partial charge in [-0.2, -0.15) is 5.10 Å². The van der Waals surface area contributed by atoms with E-state index in [1.165, 1.54) is 23.4 Å². The van der Waals surface area contributed by atoms with Crippen LogP contribution in [0.3, 0.4) is 0 Å². The molecule has 1 atom stereocenters. The SMILES string of the molecule is COc1cccc(C2=NN(C(=O)c3ccco3)[C@@H](c3cccc([N+](=O)[O-])c3)C2)c1. The molecule has 1 aliphatic heterocycles. The minimum atomic E-state index is -0.492. The first-order valence-corrected chi connectivity index (χ1v) is 8.90. The van der Waals surface area contributed by atoms with Gasteiger partial charge in [0.1, 0.15) is 5.75 Å². The molecule has 0 radical (unpaired) electrons. The fourth-order valence-electron chi connectivity index (χ4n) is 3.29. The first-order chi connectivity index (χ1) is 14.1. The summed E-state index contributed by atoms with van der Waals surface area (Å²) in [5.41, 5.74) is 2.08. The molecule has 2 aromatic carbocycles. The van der Waals surface area contributed by atoms with E-state index in [9.17, 15) is 14.9 Å². The predicted octanol–water partition coefficient (Wildman–Crippen LogP) is 4.19. The lowest BCUT2D eigenvalue weighted by Gasteiger charge is -2.20. The summed E-state index contributed by atoms with van der Waals surface area (Å²) in [5, 5.41) is 17.1. The van der Waals surface area contributed by atoms with Crippen LogP contribution in [0.1, 0.15) is 34.1 Å². The van der Waals surface area contributed by atoms with E-state index in [0.29, 0.717) is 23.4 Å². The normalized spacial score (nSPS) is 15.8. The number of nitrogens with zero attached hydrogens (tertiary/aromatic N) is 3. The molecule has 0 bridgehead atoms. The van der Waals surface area contributed by atoms with E-state index in [2.05, 4.69) is 5.10 Å². The Morgan fingerprint density at radius 3 is 2.76 bits per heavy atom. The number of nitro benzene ring substituents is 1. The highest BCUT2D eigenvalue weighted by Crippen LogP contribution is 2.35. The molecule has 0 unspecified atom stereocenters. The number of non-ortho nitro benzene ring substituents is 1. The zero-order valence-corrected chi connectivity index (χ0v) is 15.5. The number of rotatable bonds is 5. The molecule has 1 aliphatic rings. The molecule has 0 N–H and O–H groups in total. The van der Waals surface area contributed by atoms with E-state index in [0.717, 1.165) is 5.56 Å². The molecule has 146 valence electrons. The summed E-state index contributed by atoms with van der Waals surface area (Å²) in [4.78, 5) is 23.7. The van der Waals surface area contributed by atoms with Crippen molar-refractivity contribution in [3.05, 3.63) is 93.9 Å². The van der Waals surface area contributed by atoms with Crippen LogP contribution in [0.2, 0.25) is 0 Å². The lowest BCUT2D eigenvalue weighted by molar-refractivity contribution is -0.384. The molecule has 1 aromatic heterocycles. The quantitative estimate of drug-likeness (QED) is 0.480. The third-order valence-corrected chi connectivity index (χ3v) is 4.72. The lowest BCUT2D eigenvalue weighted by Crippen LogP contribution is -2.26. The summed E-state index contributed by atoms with van der Waals surface area (Å²) in [5.74, 6) is 0.411. The number of carbonyl (C=O) groups excluding carboxylic acids is 1. The number of furan rings is 1. The van der Waals surface area contributed by atoms with Crippen LogP contribution in [-0.2, 0) is 0 Å². The molecule has 8 heteroatoms. The molecule has 29 heavy (non-hydrogen) atoms. The van der Waals surface area contributed by atoms with E-state index in [1.54, 1.807) is 31.4 Å². The Morgan fingerprint density at radius 1 is 1.21 bits per heavy atom. The van der Waals surface area contributed by atoms with Crippen LogP contribution < -0.4 is 4.74 Å². The molecule has 3 aromatic rings. The zero-order valence-electron chi connectivity index (χ0n) is 15.5. The molecule has 4 rings (SSSR count). The van der Waals surface area contributed by atoms with Crippen molar-refractivity contribution in [2.75, 3.05) is 7.11 Å². The van der Waals surface area contributed by atoms with Crippen LogP contribution in [-0.4, -0.2) is 28.7 Å². The number of methoxy groups -OCH3 is 1. The van der Waals surface area contributed by atoms with Gasteiger partial charge in [0.25, 0.3) is 5.69 Å². The van der Waals surface area contributed by atoms with Crippen LogP contribution in [0.5, 0.6) is 5.75 Å². The van der Waals surface area contributed by atoms with Crippen molar-refractivity contribution in [2.24, 2.45) is 5.10 Å². The molecule has 1 amide bonds. The van der Waals surface area contributed by atoms with Crippen molar-refractivity contribution in [1.82, 2.24) is 5.01 Å². The van der Waals surface area contributed by atoms with Crippen molar-refractivity contribution in [1.29, 1.82) is 0 Å². The fraction of sp³-hybridized carbons (Fsp3) is 0.143. The second-order valence-electron chi connectivity index (χ2n) is 6.48. The Bertz CT molecular complexity index is 1090. The summed E-state index contributed by atoms with van der Waals surface area (Å²) in [6.45, 7) is 0. The fourth-order valence-corrected chi connectivity index (χ4v) is 3.29. The third kappa shape index (κ3) is 3.60. The Labute approximate surface area is 166 Å². The van der Waals surface area contributed by atoms with E-state index < -0.39 is 16.9 Å². The van der Waals surface area contributed by atoms with Crippen molar-refractivity contribution in [3.63, 3.8) is 0 Å². The van der Waals surface area contributed by atoms with Gasteiger partial charge in [0, 0.05) is 24.1 Å². The monoisotopic (exact) mass is 391 g/mol. The number of ether oxygens (including phenoxy) is 1. The smallest absolute Gasteiger partial charge is 0.310 e. The minimum Gasteiger partial charge on any atom is -0.497 e. The van der Waals surface area contributed by atoms with E-state index in [1.807, 2.05) is 24.3 Å². The topological polar surface area (TPSA) is 98.2 Å². The van der Waals surface area contributed by atoms with E-state index >= 15 is 0 Å². The lowest BCUT2D eigenvalue weighted by atomic mass is 9.98. The number of nitro groups is 1. The van der Waals surface area contributed by atoms with Gasteiger partial charge in [-0.05, 0) is 29.8 Å². The maximum atomic E-state index is 13.0. The Hall–Kier alpha value is -3.94. The zero-order chi connectivity index (χ0) is 20.4. The third-order valence-electron chi connectivity index (χ3n) is 4.72. The average Bonchev–Trinajstić information content (AvgIpc) is 3.44. The Balaban J connectivity index is 1.75. The summed E-state index contributed by atoms with van der Waals surface area (Å²) in [7, 11) is 1.58. The first-order valence-electron chi connectivity index (χ1n) is 8.90. The van der Waals surface area contributed by atoms with Gasteiger partial charge in [0.2, 0.25) is 0 Å². The molecule has 0 saturated carbocycles. The van der Waals surface area contributed by atoms with Crippen molar-refractivity contribution >= 4 is 17.3 Å². The van der Waals surface area contributed by atoms with E-state index in [-0.39, 0.29) is 11.4 Å². The van der Waals surface area contributed by atoms with Gasteiger partial charge in [-0.25, -0.2) is 5.01 Å². The molecule has 8 nitrogen and oxygen atoms in total. The average molecular weight is 391 g/mol. The number of carbonyl (C=O) groups is 1. The van der Waals surface area contributed by atoms with Crippen LogP contribution in [0.15, 0.2) is 76.4 Å². The summed E-state index contributed by atoms with van der Waals surface area (Å²) in [6, 6.07) is 16.3. The highest BCUT2D eigenvalue weighted by molar-refractivity contribution is 6.04. The molecule has 0 fully saturated rings. The van der Waals surface area contributed by atoms with Crippen molar-refractivity contribution in [3.8, 4) is 5.75 Å². The van der Waals surface area contributed by atoms with Gasteiger partial charge in [-0.3, -0.25) is 14.9 Å². The maximum absolute atomic E-state index is 13.0. The van der Waals surface area contributed by atoms with Gasteiger partial charge in [-0.1, -0.05) is 24.3 Å². The number of hydrazone groups is 1. The summed E-state index contributed by atoms with van der Waals surface area (Å²) in [6.07, 6.45) is 1.82. The number of benzene rings is 2. The van der Waals surface area contributed by atoms with Crippen LogP contribution in [0.4, 0.5) is 5.69 Å². The second kappa shape index (κ2) is 7.59. The van der Waals surface area contributed by atoms with Gasteiger partial charge >= 0.3 is 5.91 Å². The van der Waals surface area contributed by atoms with Gasteiger partial charge in [0.15, 0.2) is 5.76 Å². The maximum Gasteiger partial charge on any atom is 0.310 e.